The number of para-hydroxylation sites is 1. The highest BCUT2D eigenvalue weighted by molar-refractivity contribution is 9.10. The van der Waals surface area contributed by atoms with Crippen LogP contribution in [0.5, 0.6) is 5.75 Å². The van der Waals surface area contributed by atoms with E-state index >= 15 is 0 Å². The summed E-state index contributed by atoms with van der Waals surface area (Å²) in [6.45, 7) is 0. The number of benzene rings is 2. The molecule has 2 aromatic rings. The molecular weight excluding hydrogens is 396 g/mol. The number of fused-ring (bicyclic) bond motifs is 1. The zero-order valence-corrected chi connectivity index (χ0v) is 14.9. The summed E-state index contributed by atoms with van der Waals surface area (Å²) in [7, 11) is -2.30. The third kappa shape index (κ3) is 2.83. The number of halogens is 1. The van der Waals surface area contributed by atoms with Crippen LogP contribution in [-0.4, -0.2) is 26.5 Å². The minimum absolute atomic E-state index is 0.00486. The standard InChI is InChI=1S/C16H13BrN2O4S/c1-18-24(22,23)10-5-6-14-11(8-10)12(16(21)19-14)7-9-3-2-4-13(17)15(9)20/h2-8,18,20H,1H3,(H,19,21). The van der Waals surface area contributed by atoms with Crippen LogP contribution in [0.15, 0.2) is 45.8 Å². The predicted octanol–water partition coefficient (Wildman–Crippen LogP) is 2.56. The lowest BCUT2D eigenvalue weighted by Gasteiger charge is -2.06. The number of aromatic hydroxyl groups is 1. The van der Waals surface area contributed by atoms with E-state index in [9.17, 15) is 18.3 Å². The van der Waals surface area contributed by atoms with E-state index in [4.69, 9.17) is 0 Å². The lowest BCUT2D eigenvalue weighted by Crippen LogP contribution is -2.18. The summed E-state index contributed by atoms with van der Waals surface area (Å²) >= 11 is 3.22. The van der Waals surface area contributed by atoms with Crippen LogP contribution in [0.3, 0.4) is 0 Å². The van der Waals surface area contributed by atoms with Gasteiger partial charge in [0.1, 0.15) is 5.75 Å². The summed E-state index contributed by atoms with van der Waals surface area (Å²) in [5.74, 6) is -0.353. The number of nitrogens with one attached hydrogen (secondary N) is 2. The second-order valence-corrected chi connectivity index (χ2v) is 7.85. The van der Waals surface area contributed by atoms with Gasteiger partial charge in [-0.25, -0.2) is 13.1 Å². The van der Waals surface area contributed by atoms with Crippen LogP contribution >= 0.6 is 15.9 Å². The molecule has 0 saturated heterocycles. The molecule has 0 aliphatic carbocycles. The van der Waals surface area contributed by atoms with Gasteiger partial charge in [0.05, 0.1) is 9.37 Å². The highest BCUT2D eigenvalue weighted by Crippen LogP contribution is 2.37. The highest BCUT2D eigenvalue weighted by Gasteiger charge is 2.26. The van der Waals surface area contributed by atoms with Gasteiger partial charge in [-0.2, -0.15) is 0 Å². The smallest absolute Gasteiger partial charge is 0.256 e. The van der Waals surface area contributed by atoms with Gasteiger partial charge < -0.3 is 10.4 Å². The van der Waals surface area contributed by atoms with E-state index in [0.717, 1.165) is 0 Å². The van der Waals surface area contributed by atoms with E-state index in [1.165, 1.54) is 25.3 Å². The largest absolute Gasteiger partial charge is 0.506 e. The van der Waals surface area contributed by atoms with Crippen molar-refractivity contribution < 1.29 is 18.3 Å². The summed E-state index contributed by atoms with van der Waals surface area (Å²) in [6, 6.07) is 9.46. The summed E-state index contributed by atoms with van der Waals surface area (Å²) in [5, 5.41) is 12.8. The van der Waals surface area contributed by atoms with Gasteiger partial charge in [0.2, 0.25) is 10.0 Å². The Morgan fingerprint density at radius 1 is 1.25 bits per heavy atom. The van der Waals surface area contributed by atoms with Crippen molar-refractivity contribution in [1.29, 1.82) is 0 Å². The second kappa shape index (κ2) is 6.04. The highest BCUT2D eigenvalue weighted by atomic mass is 79.9. The summed E-state index contributed by atoms with van der Waals surface area (Å²) < 4.78 is 26.7. The first-order valence-electron chi connectivity index (χ1n) is 6.92. The molecule has 8 heteroatoms. The molecule has 1 amide bonds. The number of hydrogen-bond acceptors (Lipinski definition) is 4. The number of rotatable bonds is 3. The molecule has 1 aliphatic rings. The van der Waals surface area contributed by atoms with Gasteiger partial charge in [0.15, 0.2) is 0 Å². The quantitative estimate of drug-likeness (QED) is 0.679. The fraction of sp³-hybridized carbons (Fsp3) is 0.0625. The molecule has 0 aromatic heterocycles. The summed E-state index contributed by atoms with van der Waals surface area (Å²) in [5.41, 5.74) is 1.72. The molecule has 0 fully saturated rings. The number of phenols is 1. The normalized spacial score (nSPS) is 15.4. The van der Waals surface area contributed by atoms with E-state index in [2.05, 4.69) is 26.0 Å². The van der Waals surface area contributed by atoms with Crippen LogP contribution in [0.1, 0.15) is 11.1 Å². The maximum Gasteiger partial charge on any atom is 0.256 e. The lowest BCUT2D eigenvalue weighted by molar-refractivity contribution is -0.110. The molecule has 3 N–H and O–H groups in total. The zero-order valence-electron chi connectivity index (χ0n) is 12.5. The average molecular weight is 409 g/mol. The molecule has 0 radical (unpaired) electrons. The monoisotopic (exact) mass is 408 g/mol. The first-order valence-corrected chi connectivity index (χ1v) is 9.19. The molecule has 1 aliphatic heterocycles. The Kier molecular flexibility index (Phi) is 4.20. The molecule has 1 heterocycles. The molecule has 3 rings (SSSR count). The van der Waals surface area contributed by atoms with Crippen molar-refractivity contribution in [2.24, 2.45) is 0 Å². The number of carbonyl (C=O) groups excluding carboxylic acids is 1. The van der Waals surface area contributed by atoms with Crippen LogP contribution in [0.25, 0.3) is 11.6 Å². The first-order chi connectivity index (χ1) is 11.3. The Bertz CT molecular complexity index is 984. The Balaban J connectivity index is 2.16. The van der Waals surface area contributed by atoms with E-state index in [-0.39, 0.29) is 22.1 Å². The van der Waals surface area contributed by atoms with E-state index in [1.807, 2.05) is 0 Å². The Labute approximate surface area is 147 Å². The molecule has 0 saturated carbocycles. The van der Waals surface area contributed by atoms with Crippen molar-refractivity contribution in [3.63, 3.8) is 0 Å². The van der Waals surface area contributed by atoms with Gasteiger partial charge in [-0.15, -0.1) is 0 Å². The second-order valence-electron chi connectivity index (χ2n) is 5.10. The molecule has 0 spiro atoms. The molecule has 0 bridgehead atoms. The molecule has 0 unspecified atom stereocenters. The fourth-order valence-electron chi connectivity index (χ4n) is 2.40. The Morgan fingerprint density at radius 2 is 2.00 bits per heavy atom. The number of anilines is 1. The SMILES string of the molecule is CNS(=O)(=O)c1ccc2c(c1)C(=Cc1cccc(Br)c1O)C(=O)N2. The Morgan fingerprint density at radius 3 is 2.71 bits per heavy atom. The number of carbonyl (C=O) groups is 1. The van der Waals surface area contributed by atoms with Crippen molar-refractivity contribution in [3.05, 3.63) is 52.0 Å². The van der Waals surface area contributed by atoms with Crippen molar-refractivity contribution in [1.82, 2.24) is 4.72 Å². The molecule has 0 atom stereocenters. The van der Waals surface area contributed by atoms with Crippen molar-refractivity contribution >= 4 is 49.2 Å². The third-order valence-corrected chi connectivity index (χ3v) is 5.72. The van der Waals surface area contributed by atoms with Gasteiger partial charge in [-0.05, 0) is 53.3 Å². The molecule has 2 aromatic carbocycles. The zero-order chi connectivity index (χ0) is 17.5. The maximum atomic E-state index is 12.2. The molecule has 124 valence electrons. The van der Waals surface area contributed by atoms with Crippen LogP contribution in [0.4, 0.5) is 5.69 Å². The van der Waals surface area contributed by atoms with Crippen LogP contribution in [0.2, 0.25) is 0 Å². The van der Waals surface area contributed by atoms with Crippen molar-refractivity contribution in [3.8, 4) is 5.75 Å². The van der Waals surface area contributed by atoms with Gasteiger partial charge >= 0.3 is 0 Å². The van der Waals surface area contributed by atoms with Gasteiger partial charge in [0.25, 0.3) is 5.91 Å². The van der Waals surface area contributed by atoms with E-state index in [1.54, 1.807) is 24.3 Å². The van der Waals surface area contributed by atoms with Crippen LogP contribution < -0.4 is 10.0 Å². The van der Waals surface area contributed by atoms with Crippen LogP contribution in [0, 0.1) is 0 Å². The van der Waals surface area contributed by atoms with Gasteiger partial charge in [-0.3, -0.25) is 4.79 Å². The predicted molar refractivity (Wildman–Crippen MR) is 95.0 cm³/mol. The number of phenolic OH excluding ortho intramolecular Hbond substituents is 1. The van der Waals surface area contributed by atoms with Crippen LogP contribution in [-0.2, 0) is 14.8 Å². The minimum Gasteiger partial charge on any atom is -0.506 e. The maximum absolute atomic E-state index is 12.2. The fourth-order valence-corrected chi connectivity index (χ4v) is 3.54. The first kappa shape index (κ1) is 16.7. The van der Waals surface area contributed by atoms with Crippen molar-refractivity contribution in [2.45, 2.75) is 4.90 Å². The topological polar surface area (TPSA) is 95.5 Å². The average Bonchev–Trinajstić information content (AvgIpc) is 2.87. The molecule has 24 heavy (non-hydrogen) atoms. The van der Waals surface area contributed by atoms with E-state index in [0.29, 0.717) is 21.3 Å². The minimum atomic E-state index is -3.62. The molecular formula is C16H13BrN2O4S. The molecule has 6 nitrogen and oxygen atoms in total. The lowest BCUT2D eigenvalue weighted by atomic mass is 10.0. The summed E-state index contributed by atoms with van der Waals surface area (Å²) in [4.78, 5) is 12.3. The number of sulfonamides is 1. The number of amides is 1. The van der Waals surface area contributed by atoms with Crippen molar-refractivity contribution in [2.75, 3.05) is 12.4 Å². The number of hydrogen-bond donors (Lipinski definition) is 3. The summed E-state index contributed by atoms with van der Waals surface area (Å²) in [6.07, 6.45) is 1.52. The van der Waals surface area contributed by atoms with Gasteiger partial charge in [0, 0.05) is 22.4 Å². The van der Waals surface area contributed by atoms with Gasteiger partial charge in [-0.1, -0.05) is 12.1 Å². The third-order valence-electron chi connectivity index (χ3n) is 3.67. The van der Waals surface area contributed by atoms with E-state index < -0.39 is 10.0 Å². The Hall–Kier alpha value is -2.16.